The third-order valence-corrected chi connectivity index (χ3v) is 6.37. The zero-order chi connectivity index (χ0) is 15.5. The van der Waals surface area contributed by atoms with Crippen LogP contribution in [0.3, 0.4) is 0 Å². The molecule has 1 aromatic carbocycles. The van der Waals surface area contributed by atoms with Gasteiger partial charge in [-0.15, -0.1) is 11.3 Å². The largest absolute Gasteiger partial charge is 0.495 e. The molecule has 0 saturated heterocycles. The highest BCUT2D eigenvalue weighted by atomic mass is 79.9. The molecular weight excluding hydrogens is 374 g/mol. The number of benzene rings is 1. The van der Waals surface area contributed by atoms with E-state index < -0.39 is 10.0 Å². The van der Waals surface area contributed by atoms with Crippen molar-refractivity contribution in [3.63, 3.8) is 0 Å². The van der Waals surface area contributed by atoms with E-state index in [0.717, 1.165) is 0 Å². The maximum absolute atomic E-state index is 12.7. The fourth-order valence-electron chi connectivity index (χ4n) is 1.86. The molecule has 0 amide bonds. The minimum Gasteiger partial charge on any atom is -0.495 e. The standard InChI is InChI=1S/C14H16BrNO3S2/c1-16(8-7-12-4-3-9-20-12)21(17,18)14-10-11(15)5-6-13(14)19-2/h3-6,9-10H,7-8H2,1-2H3. The minimum absolute atomic E-state index is 0.174. The molecule has 0 radical (unpaired) electrons. The monoisotopic (exact) mass is 389 g/mol. The van der Waals surface area contributed by atoms with Crippen LogP contribution in [0, 0.1) is 0 Å². The summed E-state index contributed by atoms with van der Waals surface area (Å²) in [7, 11) is -0.522. The molecule has 7 heteroatoms. The van der Waals surface area contributed by atoms with Crippen LogP contribution < -0.4 is 4.74 Å². The average Bonchev–Trinajstić information content (AvgIpc) is 2.97. The number of methoxy groups -OCH3 is 1. The number of halogens is 1. The van der Waals surface area contributed by atoms with Crippen LogP contribution in [0.4, 0.5) is 0 Å². The van der Waals surface area contributed by atoms with Gasteiger partial charge in [-0.1, -0.05) is 22.0 Å². The van der Waals surface area contributed by atoms with Crippen molar-refractivity contribution in [2.24, 2.45) is 0 Å². The molecule has 0 spiro atoms. The quantitative estimate of drug-likeness (QED) is 0.760. The van der Waals surface area contributed by atoms with Gasteiger partial charge in [-0.2, -0.15) is 0 Å². The second-order valence-corrected chi connectivity index (χ2v) is 8.41. The van der Waals surface area contributed by atoms with Crippen molar-refractivity contribution in [1.29, 1.82) is 0 Å². The van der Waals surface area contributed by atoms with E-state index in [0.29, 0.717) is 23.2 Å². The van der Waals surface area contributed by atoms with E-state index >= 15 is 0 Å². The molecule has 21 heavy (non-hydrogen) atoms. The van der Waals surface area contributed by atoms with Crippen LogP contribution in [0.2, 0.25) is 0 Å². The fourth-order valence-corrected chi connectivity index (χ4v) is 4.42. The molecule has 0 bridgehead atoms. The number of rotatable bonds is 6. The Bertz CT molecular complexity index is 699. The number of hydrogen-bond donors (Lipinski definition) is 0. The van der Waals surface area contributed by atoms with Crippen molar-refractivity contribution in [1.82, 2.24) is 4.31 Å². The van der Waals surface area contributed by atoms with Gasteiger partial charge in [0.25, 0.3) is 0 Å². The number of likely N-dealkylation sites (N-methyl/N-ethyl adjacent to an activating group) is 1. The van der Waals surface area contributed by atoms with Crippen LogP contribution in [0.5, 0.6) is 5.75 Å². The highest BCUT2D eigenvalue weighted by molar-refractivity contribution is 9.10. The smallest absolute Gasteiger partial charge is 0.246 e. The maximum Gasteiger partial charge on any atom is 0.246 e. The number of sulfonamides is 1. The Morgan fingerprint density at radius 1 is 1.33 bits per heavy atom. The van der Waals surface area contributed by atoms with Crippen molar-refractivity contribution < 1.29 is 13.2 Å². The summed E-state index contributed by atoms with van der Waals surface area (Å²) in [5.74, 6) is 0.348. The van der Waals surface area contributed by atoms with E-state index in [1.165, 1.54) is 16.3 Å². The van der Waals surface area contributed by atoms with E-state index in [4.69, 9.17) is 4.74 Å². The van der Waals surface area contributed by atoms with Gasteiger partial charge in [0.1, 0.15) is 10.6 Å². The molecule has 1 heterocycles. The molecule has 0 saturated carbocycles. The second kappa shape index (κ2) is 6.91. The van der Waals surface area contributed by atoms with Crippen LogP contribution in [0.1, 0.15) is 4.88 Å². The van der Waals surface area contributed by atoms with Gasteiger partial charge in [-0.05, 0) is 36.1 Å². The van der Waals surface area contributed by atoms with Crippen molar-refractivity contribution in [3.05, 3.63) is 45.1 Å². The summed E-state index contributed by atoms with van der Waals surface area (Å²) >= 11 is 4.93. The Hall–Kier alpha value is -0.890. The third kappa shape index (κ3) is 3.85. The van der Waals surface area contributed by atoms with Gasteiger partial charge in [0.05, 0.1) is 7.11 Å². The predicted molar refractivity (Wildman–Crippen MR) is 88.5 cm³/mol. The van der Waals surface area contributed by atoms with E-state index in [1.807, 2.05) is 17.5 Å². The highest BCUT2D eigenvalue weighted by Crippen LogP contribution is 2.29. The first-order valence-corrected chi connectivity index (χ1v) is 9.38. The lowest BCUT2D eigenvalue weighted by Crippen LogP contribution is -2.29. The zero-order valence-electron chi connectivity index (χ0n) is 11.7. The summed E-state index contributed by atoms with van der Waals surface area (Å²) in [6.45, 7) is 0.429. The fraction of sp³-hybridized carbons (Fsp3) is 0.286. The highest BCUT2D eigenvalue weighted by Gasteiger charge is 2.24. The van der Waals surface area contributed by atoms with E-state index in [1.54, 1.807) is 36.6 Å². The van der Waals surface area contributed by atoms with Gasteiger partial charge < -0.3 is 4.74 Å². The zero-order valence-corrected chi connectivity index (χ0v) is 15.0. The minimum atomic E-state index is -3.57. The molecule has 0 aliphatic carbocycles. The number of nitrogens with zero attached hydrogens (tertiary/aromatic N) is 1. The van der Waals surface area contributed by atoms with E-state index in [2.05, 4.69) is 15.9 Å². The first-order chi connectivity index (χ1) is 9.95. The van der Waals surface area contributed by atoms with Crippen molar-refractivity contribution in [3.8, 4) is 5.75 Å². The molecular formula is C14H16BrNO3S2. The molecule has 4 nitrogen and oxygen atoms in total. The van der Waals surface area contributed by atoms with Crippen LogP contribution >= 0.6 is 27.3 Å². The summed E-state index contributed by atoms with van der Waals surface area (Å²) < 4.78 is 32.5. The molecule has 0 atom stereocenters. The van der Waals surface area contributed by atoms with Gasteiger partial charge in [0, 0.05) is 22.9 Å². The summed E-state index contributed by atoms with van der Waals surface area (Å²) in [5.41, 5.74) is 0. The van der Waals surface area contributed by atoms with Crippen molar-refractivity contribution >= 4 is 37.3 Å². The Morgan fingerprint density at radius 3 is 2.71 bits per heavy atom. The van der Waals surface area contributed by atoms with Gasteiger partial charge in [0.2, 0.25) is 10.0 Å². The molecule has 114 valence electrons. The number of ether oxygens (including phenoxy) is 1. The lowest BCUT2D eigenvalue weighted by Gasteiger charge is -2.18. The van der Waals surface area contributed by atoms with Gasteiger partial charge in [-0.3, -0.25) is 0 Å². The third-order valence-electron chi connectivity index (χ3n) is 3.07. The molecule has 0 aliphatic rings. The van der Waals surface area contributed by atoms with Crippen LogP contribution in [-0.2, 0) is 16.4 Å². The topological polar surface area (TPSA) is 46.6 Å². The molecule has 0 aliphatic heterocycles. The lowest BCUT2D eigenvalue weighted by atomic mass is 10.3. The van der Waals surface area contributed by atoms with E-state index in [9.17, 15) is 8.42 Å². The SMILES string of the molecule is COc1ccc(Br)cc1S(=O)(=O)N(C)CCc1cccs1. The Labute approximate surface area is 137 Å². The average molecular weight is 390 g/mol. The summed E-state index contributed by atoms with van der Waals surface area (Å²) in [6.07, 6.45) is 0.698. The van der Waals surface area contributed by atoms with Crippen LogP contribution in [-0.4, -0.2) is 33.4 Å². The Morgan fingerprint density at radius 2 is 2.10 bits per heavy atom. The molecule has 2 rings (SSSR count). The van der Waals surface area contributed by atoms with Crippen molar-refractivity contribution in [2.45, 2.75) is 11.3 Å². The molecule has 0 fully saturated rings. The molecule has 2 aromatic rings. The molecule has 0 N–H and O–H groups in total. The summed E-state index contributed by atoms with van der Waals surface area (Å²) in [4.78, 5) is 1.34. The number of hydrogen-bond acceptors (Lipinski definition) is 4. The Kier molecular flexibility index (Phi) is 5.43. The van der Waals surface area contributed by atoms with Crippen LogP contribution in [0.25, 0.3) is 0 Å². The first kappa shape index (κ1) is 16.5. The maximum atomic E-state index is 12.7. The normalized spacial score (nSPS) is 11.8. The Balaban J connectivity index is 2.22. The second-order valence-electron chi connectivity index (χ2n) is 4.45. The van der Waals surface area contributed by atoms with Crippen LogP contribution in [0.15, 0.2) is 45.1 Å². The molecule has 1 aromatic heterocycles. The van der Waals surface area contributed by atoms with E-state index in [-0.39, 0.29) is 4.90 Å². The lowest BCUT2D eigenvalue weighted by molar-refractivity contribution is 0.398. The molecule has 0 unspecified atom stereocenters. The van der Waals surface area contributed by atoms with Gasteiger partial charge in [0.15, 0.2) is 0 Å². The first-order valence-electron chi connectivity index (χ1n) is 6.27. The number of thiophene rings is 1. The summed E-state index contributed by atoms with van der Waals surface area (Å²) in [6, 6.07) is 8.93. The van der Waals surface area contributed by atoms with Crippen molar-refractivity contribution in [2.75, 3.05) is 20.7 Å². The predicted octanol–water partition coefficient (Wildman–Crippen LogP) is 3.38. The van der Waals surface area contributed by atoms with Gasteiger partial charge >= 0.3 is 0 Å². The van der Waals surface area contributed by atoms with Gasteiger partial charge in [-0.25, -0.2) is 12.7 Å². The summed E-state index contributed by atoms with van der Waals surface area (Å²) in [5, 5.41) is 1.99.